The third kappa shape index (κ3) is 1.87. The van der Waals surface area contributed by atoms with Crippen LogP contribution in [0.5, 0.6) is 11.5 Å². The molecule has 2 saturated heterocycles. The number of benzene rings is 1. The fraction of sp³-hybridized carbons (Fsp3) is 0.500. The Bertz CT molecular complexity index is 532. The van der Waals surface area contributed by atoms with E-state index in [1.165, 1.54) is 0 Å². The van der Waals surface area contributed by atoms with Crippen LogP contribution in [0.25, 0.3) is 0 Å². The van der Waals surface area contributed by atoms with Gasteiger partial charge in [-0.15, -0.1) is 0 Å². The number of anilines is 1. The maximum absolute atomic E-state index is 12.4. The summed E-state index contributed by atoms with van der Waals surface area (Å²) >= 11 is 0. The van der Waals surface area contributed by atoms with Gasteiger partial charge in [-0.2, -0.15) is 0 Å². The molecule has 20 heavy (non-hydrogen) atoms. The Morgan fingerprint density at radius 1 is 1.15 bits per heavy atom. The maximum atomic E-state index is 12.4. The number of hydrogen-bond donors (Lipinski definition) is 1. The van der Waals surface area contributed by atoms with E-state index in [1.807, 2.05) is 17.0 Å². The number of carbonyl (C=O) groups is 1. The van der Waals surface area contributed by atoms with E-state index in [4.69, 9.17) is 14.2 Å². The molecule has 0 radical (unpaired) electrons. The Hall–Kier alpha value is -1.95. The van der Waals surface area contributed by atoms with E-state index in [2.05, 4.69) is 5.32 Å². The topological polar surface area (TPSA) is 60.0 Å². The van der Waals surface area contributed by atoms with Crippen LogP contribution in [0.4, 0.5) is 10.5 Å². The highest BCUT2D eigenvalue weighted by atomic mass is 16.7. The van der Waals surface area contributed by atoms with Gasteiger partial charge < -0.3 is 24.4 Å². The molecule has 6 nitrogen and oxygen atoms in total. The van der Waals surface area contributed by atoms with E-state index in [-0.39, 0.29) is 24.9 Å². The van der Waals surface area contributed by atoms with Gasteiger partial charge in [0.2, 0.25) is 6.79 Å². The van der Waals surface area contributed by atoms with Crippen LogP contribution < -0.4 is 14.8 Å². The van der Waals surface area contributed by atoms with Crippen LogP contribution in [0.15, 0.2) is 18.2 Å². The van der Waals surface area contributed by atoms with Crippen molar-refractivity contribution in [2.45, 2.75) is 24.9 Å². The quantitative estimate of drug-likeness (QED) is 0.850. The van der Waals surface area contributed by atoms with Crippen molar-refractivity contribution >= 4 is 11.7 Å². The molecule has 2 amide bonds. The van der Waals surface area contributed by atoms with Gasteiger partial charge in [0.1, 0.15) is 0 Å². The van der Waals surface area contributed by atoms with Gasteiger partial charge in [-0.3, -0.25) is 0 Å². The predicted molar refractivity (Wildman–Crippen MR) is 71.1 cm³/mol. The lowest BCUT2D eigenvalue weighted by Crippen LogP contribution is -2.50. The molecule has 2 fully saturated rings. The van der Waals surface area contributed by atoms with Crippen LogP contribution in [0.3, 0.4) is 0 Å². The molecule has 0 saturated carbocycles. The highest BCUT2D eigenvalue weighted by molar-refractivity contribution is 5.90. The SMILES string of the molecule is O=C(Nc1ccc2c(c1)OCO2)N1C2CCC1COC2. The second kappa shape index (κ2) is 4.56. The lowest BCUT2D eigenvalue weighted by Gasteiger charge is -2.34. The van der Waals surface area contributed by atoms with E-state index in [0.29, 0.717) is 19.0 Å². The molecule has 1 aromatic carbocycles. The van der Waals surface area contributed by atoms with E-state index in [9.17, 15) is 4.79 Å². The highest BCUT2D eigenvalue weighted by Gasteiger charge is 2.40. The summed E-state index contributed by atoms with van der Waals surface area (Å²) < 4.78 is 16.1. The minimum atomic E-state index is -0.0559. The molecule has 4 rings (SSSR count). The number of nitrogens with one attached hydrogen (secondary N) is 1. The van der Waals surface area contributed by atoms with Crippen molar-refractivity contribution in [2.24, 2.45) is 0 Å². The van der Waals surface area contributed by atoms with Gasteiger partial charge in [0.25, 0.3) is 0 Å². The summed E-state index contributed by atoms with van der Waals surface area (Å²) in [5.74, 6) is 1.39. The zero-order valence-corrected chi connectivity index (χ0v) is 11.0. The minimum Gasteiger partial charge on any atom is -0.454 e. The number of urea groups is 1. The van der Waals surface area contributed by atoms with Crippen LogP contribution in [-0.4, -0.2) is 43.0 Å². The Morgan fingerprint density at radius 3 is 2.70 bits per heavy atom. The summed E-state index contributed by atoms with van der Waals surface area (Å²) in [4.78, 5) is 14.3. The number of hydrogen-bond acceptors (Lipinski definition) is 4. The number of ether oxygens (including phenoxy) is 3. The Labute approximate surface area is 116 Å². The monoisotopic (exact) mass is 276 g/mol. The van der Waals surface area contributed by atoms with Crippen molar-refractivity contribution in [3.05, 3.63) is 18.2 Å². The minimum absolute atomic E-state index is 0.0559. The number of fused-ring (bicyclic) bond motifs is 3. The van der Waals surface area contributed by atoms with E-state index in [0.717, 1.165) is 24.3 Å². The molecular formula is C14H16N2O4. The first-order valence-corrected chi connectivity index (χ1v) is 6.88. The number of carbonyl (C=O) groups excluding carboxylic acids is 1. The second-order valence-electron chi connectivity index (χ2n) is 5.33. The third-order valence-corrected chi connectivity index (χ3v) is 4.10. The Morgan fingerprint density at radius 2 is 1.90 bits per heavy atom. The fourth-order valence-electron chi connectivity index (χ4n) is 3.12. The largest absolute Gasteiger partial charge is 0.454 e. The van der Waals surface area contributed by atoms with Crippen LogP contribution in [0.2, 0.25) is 0 Å². The standard InChI is InChI=1S/C14H16N2O4/c17-14(16-10-2-3-11(16)7-18-6-10)15-9-1-4-12-13(5-9)20-8-19-12/h1,4-5,10-11H,2-3,6-8H2,(H,15,17). The number of amides is 2. The number of morpholine rings is 1. The molecule has 106 valence electrons. The maximum Gasteiger partial charge on any atom is 0.322 e. The van der Waals surface area contributed by atoms with E-state index < -0.39 is 0 Å². The van der Waals surface area contributed by atoms with Crippen LogP contribution >= 0.6 is 0 Å². The fourth-order valence-corrected chi connectivity index (χ4v) is 3.12. The summed E-state index contributed by atoms with van der Waals surface area (Å²) in [6.07, 6.45) is 2.05. The van der Waals surface area contributed by atoms with Crippen molar-refractivity contribution in [3.8, 4) is 11.5 Å². The van der Waals surface area contributed by atoms with Crippen molar-refractivity contribution in [2.75, 3.05) is 25.3 Å². The molecule has 1 aromatic rings. The second-order valence-corrected chi connectivity index (χ2v) is 5.33. The summed E-state index contributed by atoms with van der Waals surface area (Å²) in [5.41, 5.74) is 0.727. The highest BCUT2D eigenvalue weighted by Crippen LogP contribution is 2.35. The first kappa shape index (κ1) is 11.8. The lowest BCUT2D eigenvalue weighted by molar-refractivity contribution is 0.00949. The van der Waals surface area contributed by atoms with Gasteiger partial charge in [-0.1, -0.05) is 0 Å². The Balaban J connectivity index is 1.50. The Kier molecular flexibility index (Phi) is 2.70. The molecule has 2 atom stereocenters. The molecular weight excluding hydrogens is 260 g/mol. The van der Waals surface area contributed by atoms with E-state index >= 15 is 0 Å². The van der Waals surface area contributed by atoms with Gasteiger partial charge >= 0.3 is 6.03 Å². The molecule has 2 unspecified atom stereocenters. The van der Waals surface area contributed by atoms with Crippen LogP contribution in [0.1, 0.15) is 12.8 Å². The van der Waals surface area contributed by atoms with Crippen molar-refractivity contribution < 1.29 is 19.0 Å². The van der Waals surface area contributed by atoms with Gasteiger partial charge in [-0.05, 0) is 25.0 Å². The summed E-state index contributed by atoms with van der Waals surface area (Å²) in [5, 5.41) is 2.94. The molecule has 2 bridgehead atoms. The normalized spacial score (nSPS) is 26.7. The average Bonchev–Trinajstić information content (AvgIpc) is 3.01. The smallest absolute Gasteiger partial charge is 0.322 e. The van der Waals surface area contributed by atoms with Crippen LogP contribution in [-0.2, 0) is 4.74 Å². The number of nitrogens with zero attached hydrogens (tertiary/aromatic N) is 1. The van der Waals surface area contributed by atoms with Gasteiger partial charge in [0.05, 0.1) is 25.3 Å². The van der Waals surface area contributed by atoms with Crippen molar-refractivity contribution in [1.82, 2.24) is 4.90 Å². The van der Waals surface area contributed by atoms with Gasteiger partial charge in [0.15, 0.2) is 11.5 Å². The van der Waals surface area contributed by atoms with Gasteiger partial charge in [0, 0.05) is 11.8 Å². The molecule has 3 aliphatic rings. The molecule has 0 aliphatic carbocycles. The molecule has 0 aromatic heterocycles. The van der Waals surface area contributed by atoms with Gasteiger partial charge in [-0.25, -0.2) is 4.79 Å². The first-order chi connectivity index (χ1) is 9.81. The van der Waals surface area contributed by atoms with Crippen molar-refractivity contribution in [3.63, 3.8) is 0 Å². The van der Waals surface area contributed by atoms with E-state index in [1.54, 1.807) is 6.07 Å². The molecule has 3 heterocycles. The molecule has 3 aliphatic heterocycles. The number of rotatable bonds is 1. The molecule has 0 spiro atoms. The average molecular weight is 276 g/mol. The molecule has 6 heteroatoms. The predicted octanol–water partition coefficient (Wildman–Crippen LogP) is 1.81. The zero-order chi connectivity index (χ0) is 13.5. The van der Waals surface area contributed by atoms with Crippen molar-refractivity contribution in [1.29, 1.82) is 0 Å². The van der Waals surface area contributed by atoms with Crippen LogP contribution in [0, 0.1) is 0 Å². The third-order valence-electron chi connectivity index (χ3n) is 4.10. The summed E-state index contributed by atoms with van der Waals surface area (Å²) in [6.45, 7) is 1.52. The summed E-state index contributed by atoms with van der Waals surface area (Å²) in [6, 6.07) is 5.80. The summed E-state index contributed by atoms with van der Waals surface area (Å²) in [7, 11) is 0. The first-order valence-electron chi connectivity index (χ1n) is 6.88. The molecule has 1 N–H and O–H groups in total. The lowest BCUT2D eigenvalue weighted by atomic mass is 10.2. The zero-order valence-electron chi connectivity index (χ0n) is 11.0.